The summed E-state index contributed by atoms with van der Waals surface area (Å²) in [5.41, 5.74) is -0.0172. The third-order valence-electron chi connectivity index (χ3n) is 2.92. The van der Waals surface area contributed by atoms with Crippen molar-refractivity contribution in [1.29, 1.82) is 0 Å². The Balaban J connectivity index is 2.02. The van der Waals surface area contributed by atoms with Crippen LogP contribution in [0.2, 0.25) is 0 Å². The Morgan fingerprint density at radius 3 is 2.65 bits per heavy atom. The topological polar surface area (TPSA) is 37.8 Å². The largest absolute Gasteiger partial charge is 0.370 e. The molecular weight excluding hydrogens is 278 g/mol. The van der Waals surface area contributed by atoms with Crippen molar-refractivity contribution in [1.82, 2.24) is 9.97 Å². The lowest BCUT2D eigenvalue weighted by Gasteiger charge is -2.17. The Morgan fingerprint density at radius 2 is 2.06 bits per heavy atom. The number of anilines is 1. The predicted molar refractivity (Wildman–Crippen MR) is 74.3 cm³/mol. The fourth-order valence-corrected chi connectivity index (χ4v) is 2.04. The molecule has 2 rings (SSSR count). The van der Waals surface area contributed by atoms with E-state index >= 15 is 0 Å². The summed E-state index contributed by atoms with van der Waals surface area (Å²) < 4.78 is 0.853. The maximum atomic E-state index is 4.57. The highest BCUT2D eigenvalue weighted by Crippen LogP contribution is 2.32. The predicted octanol–water partition coefficient (Wildman–Crippen LogP) is 3.75. The molecule has 1 aromatic rings. The quantitative estimate of drug-likeness (QED) is 0.860. The molecule has 1 saturated carbocycles. The molecule has 0 atom stereocenters. The van der Waals surface area contributed by atoms with Gasteiger partial charge in [0.1, 0.15) is 16.2 Å². The standard InChI is InChI=1S/C13H20BrN3/c1-13(2,3)12-16-10(14)8-11(17-12)15-7-6-9-4-5-9/h8-9H,4-7H2,1-3H3,(H,15,16,17). The first-order chi connectivity index (χ1) is 7.95. The van der Waals surface area contributed by atoms with Gasteiger partial charge in [0.25, 0.3) is 0 Å². The number of rotatable bonds is 4. The molecule has 1 aliphatic rings. The molecule has 0 aromatic carbocycles. The molecule has 0 aliphatic heterocycles. The van der Waals surface area contributed by atoms with Gasteiger partial charge >= 0.3 is 0 Å². The van der Waals surface area contributed by atoms with E-state index in [9.17, 15) is 0 Å². The summed E-state index contributed by atoms with van der Waals surface area (Å²) in [4.78, 5) is 9.00. The smallest absolute Gasteiger partial charge is 0.137 e. The van der Waals surface area contributed by atoms with Crippen LogP contribution in [0.4, 0.5) is 5.82 Å². The van der Waals surface area contributed by atoms with Crippen molar-refractivity contribution >= 4 is 21.7 Å². The van der Waals surface area contributed by atoms with Gasteiger partial charge in [0.2, 0.25) is 0 Å². The van der Waals surface area contributed by atoms with Gasteiger partial charge in [-0.1, -0.05) is 33.6 Å². The van der Waals surface area contributed by atoms with E-state index in [2.05, 4.69) is 52.0 Å². The van der Waals surface area contributed by atoms with Gasteiger partial charge in [0.15, 0.2) is 0 Å². The van der Waals surface area contributed by atoms with E-state index in [0.717, 1.165) is 28.7 Å². The number of halogens is 1. The second kappa shape index (κ2) is 4.92. The third kappa shape index (κ3) is 3.95. The SMILES string of the molecule is CC(C)(C)c1nc(Br)cc(NCCC2CC2)n1. The van der Waals surface area contributed by atoms with Crippen LogP contribution < -0.4 is 5.32 Å². The van der Waals surface area contributed by atoms with Crippen LogP contribution in [0, 0.1) is 5.92 Å². The van der Waals surface area contributed by atoms with Crippen molar-refractivity contribution in [2.45, 2.75) is 45.4 Å². The van der Waals surface area contributed by atoms with Crippen LogP contribution in [0.3, 0.4) is 0 Å². The molecule has 0 spiro atoms. The van der Waals surface area contributed by atoms with E-state index in [4.69, 9.17) is 0 Å². The monoisotopic (exact) mass is 297 g/mol. The van der Waals surface area contributed by atoms with Gasteiger partial charge in [-0.25, -0.2) is 9.97 Å². The Kier molecular flexibility index (Phi) is 3.71. The lowest BCUT2D eigenvalue weighted by atomic mass is 9.96. The molecule has 1 aromatic heterocycles. The minimum Gasteiger partial charge on any atom is -0.370 e. The molecule has 0 unspecified atom stereocenters. The van der Waals surface area contributed by atoms with E-state index in [1.54, 1.807) is 0 Å². The minimum absolute atomic E-state index is 0.0172. The Labute approximate surface area is 112 Å². The molecule has 1 heterocycles. The maximum absolute atomic E-state index is 4.57. The van der Waals surface area contributed by atoms with Crippen LogP contribution in [0.5, 0.6) is 0 Å². The van der Waals surface area contributed by atoms with Gasteiger partial charge in [0.05, 0.1) is 0 Å². The Hall–Kier alpha value is -0.640. The maximum Gasteiger partial charge on any atom is 0.137 e. The van der Waals surface area contributed by atoms with Gasteiger partial charge in [-0.2, -0.15) is 0 Å². The van der Waals surface area contributed by atoms with Gasteiger partial charge in [0, 0.05) is 18.0 Å². The highest BCUT2D eigenvalue weighted by atomic mass is 79.9. The molecule has 0 bridgehead atoms. The first-order valence-electron chi connectivity index (χ1n) is 6.24. The summed E-state index contributed by atoms with van der Waals surface area (Å²) in [6.45, 7) is 7.39. The molecule has 0 radical (unpaired) electrons. The zero-order chi connectivity index (χ0) is 12.5. The van der Waals surface area contributed by atoms with Crippen LogP contribution in [0.1, 0.15) is 45.9 Å². The fraction of sp³-hybridized carbons (Fsp3) is 0.692. The van der Waals surface area contributed by atoms with Gasteiger partial charge in [-0.15, -0.1) is 0 Å². The van der Waals surface area contributed by atoms with Crippen LogP contribution in [0.15, 0.2) is 10.7 Å². The zero-order valence-electron chi connectivity index (χ0n) is 10.8. The summed E-state index contributed by atoms with van der Waals surface area (Å²) in [5, 5.41) is 3.39. The minimum atomic E-state index is -0.0172. The summed E-state index contributed by atoms with van der Waals surface area (Å²) >= 11 is 3.45. The average Bonchev–Trinajstić information content (AvgIpc) is 2.99. The van der Waals surface area contributed by atoms with Crippen molar-refractivity contribution in [2.24, 2.45) is 5.92 Å². The van der Waals surface area contributed by atoms with Crippen LogP contribution in [0.25, 0.3) is 0 Å². The van der Waals surface area contributed by atoms with E-state index in [-0.39, 0.29) is 5.41 Å². The number of nitrogens with one attached hydrogen (secondary N) is 1. The molecule has 1 fully saturated rings. The summed E-state index contributed by atoms with van der Waals surface area (Å²) in [7, 11) is 0. The van der Waals surface area contributed by atoms with Crippen molar-refractivity contribution in [3.63, 3.8) is 0 Å². The number of hydrogen-bond donors (Lipinski definition) is 1. The number of hydrogen-bond acceptors (Lipinski definition) is 3. The summed E-state index contributed by atoms with van der Waals surface area (Å²) in [6.07, 6.45) is 4.07. The van der Waals surface area contributed by atoms with E-state index < -0.39 is 0 Å². The lowest BCUT2D eigenvalue weighted by molar-refractivity contribution is 0.544. The highest BCUT2D eigenvalue weighted by molar-refractivity contribution is 9.10. The molecule has 1 N–H and O–H groups in total. The highest BCUT2D eigenvalue weighted by Gasteiger charge is 2.21. The molecular formula is C13H20BrN3. The molecule has 4 heteroatoms. The van der Waals surface area contributed by atoms with Crippen LogP contribution >= 0.6 is 15.9 Å². The second-order valence-corrected chi connectivity index (χ2v) is 6.62. The second-order valence-electron chi connectivity index (χ2n) is 5.81. The van der Waals surface area contributed by atoms with Crippen molar-refractivity contribution in [2.75, 3.05) is 11.9 Å². The van der Waals surface area contributed by atoms with Gasteiger partial charge in [-0.3, -0.25) is 0 Å². The van der Waals surface area contributed by atoms with Gasteiger partial charge < -0.3 is 5.32 Å². The molecule has 3 nitrogen and oxygen atoms in total. The first-order valence-corrected chi connectivity index (χ1v) is 7.03. The summed E-state index contributed by atoms with van der Waals surface area (Å²) in [5.74, 6) is 2.76. The van der Waals surface area contributed by atoms with E-state index in [0.29, 0.717) is 0 Å². The average molecular weight is 298 g/mol. The summed E-state index contributed by atoms with van der Waals surface area (Å²) in [6, 6.07) is 1.95. The molecule has 17 heavy (non-hydrogen) atoms. The molecule has 0 saturated heterocycles. The molecule has 94 valence electrons. The van der Waals surface area contributed by atoms with Crippen molar-refractivity contribution in [3.05, 3.63) is 16.5 Å². The Bertz CT molecular complexity index is 394. The normalized spacial score (nSPS) is 16.0. The zero-order valence-corrected chi connectivity index (χ0v) is 12.3. The van der Waals surface area contributed by atoms with Gasteiger partial charge in [-0.05, 0) is 28.3 Å². The molecule has 0 amide bonds. The van der Waals surface area contributed by atoms with Crippen molar-refractivity contribution in [3.8, 4) is 0 Å². The lowest BCUT2D eigenvalue weighted by Crippen LogP contribution is -2.17. The van der Waals surface area contributed by atoms with E-state index in [1.807, 2.05) is 6.07 Å². The third-order valence-corrected chi connectivity index (χ3v) is 3.33. The number of aromatic nitrogens is 2. The van der Waals surface area contributed by atoms with Crippen LogP contribution in [-0.4, -0.2) is 16.5 Å². The van der Waals surface area contributed by atoms with Crippen molar-refractivity contribution < 1.29 is 0 Å². The number of nitrogens with zero attached hydrogens (tertiary/aromatic N) is 2. The fourth-order valence-electron chi connectivity index (χ4n) is 1.65. The Morgan fingerprint density at radius 1 is 1.35 bits per heavy atom. The van der Waals surface area contributed by atoms with E-state index in [1.165, 1.54) is 19.3 Å². The molecule has 1 aliphatic carbocycles. The van der Waals surface area contributed by atoms with Crippen LogP contribution in [-0.2, 0) is 5.41 Å². The first kappa shape index (κ1) is 12.8.